The van der Waals surface area contributed by atoms with Crippen molar-refractivity contribution in [1.82, 2.24) is 10.6 Å². The topological polar surface area (TPSA) is 71.3 Å². The molecule has 3 aromatic rings. The van der Waals surface area contributed by atoms with Gasteiger partial charge in [-0.3, -0.25) is 9.59 Å². The van der Waals surface area contributed by atoms with Crippen LogP contribution < -0.4 is 10.6 Å². The summed E-state index contributed by atoms with van der Waals surface area (Å²) in [7, 11) is 0. The highest BCUT2D eigenvalue weighted by Gasteiger charge is 2.37. The third-order valence-corrected chi connectivity index (χ3v) is 5.68. The summed E-state index contributed by atoms with van der Waals surface area (Å²) in [4.78, 5) is 24.4. The molecule has 2 aromatic carbocycles. The Morgan fingerprint density at radius 1 is 1.14 bits per heavy atom. The fourth-order valence-corrected chi connectivity index (χ4v) is 4.13. The Balaban J connectivity index is 1.40. The lowest BCUT2D eigenvalue weighted by Crippen LogP contribution is -2.44. The van der Waals surface area contributed by atoms with E-state index in [1.54, 1.807) is 0 Å². The van der Waals surface area contributed by atoms with Crippen molar-refractivity contribution in [2.45, 2.75) is 51.1 Å². The van der Waals surface area contributed by atoms with Crippen molar-refractivity contribution >= 4 is 22.6 Å². The fraction of sp³-hybridized carbons (Fsp3) is 0.333. The summed E-state index contributed by atoms with van der Waals surface area (Å²) in [5.74, 6) is 1.61. The van der Waals surface area contributed by atoms with Gasteiger partial charge in [-0.25, -0.2) is 0 Å². The molecule has 0 radical (unpaired) electrons. The van der Waals surface area contributed by atoms with E-state index < -0.39 is 0 Å². The van der Waals surface area contributed by atoms with Crippen molar-refractivity contribution in [3.63, 3.8) is 0 Å². The van der Waals surface area contributed by atoms with Gasteiger partial charge in [-0.1, -0.05) is 42.5 Å². The lowest BCUT2D eigenvalue weighted by atomic mass is 9.84. The van der Waals surface area contributed by atoms with E-state index in [1.807, 2.05) is 31.2 Å². The van der Waals surface area contributed by atoms with E-state index in [2.05, 4.69) is 41.0 Å². The summed E-state index contributed by atoms with van der Waals surface area (Å²) in [6, 6.07) is 18.4. The number of hydrogen-bond acceptors (Lipinski definition) is 3. The fourth-order valence-electron chi connectivity index (χ4n) is 4.13. The maximum Gasteiger partial charge on any atom is 0.220 e. The first kappa shape index (κ1) is 19.2. The Kier molecular flexibility index (Phi) is 5.38. The van der Waals surface area contributed by atoms with Crippen molar-refractivity contribution in [3.8, 4) is 0 Å². The van der Waals surface area contributed by atoms with Crippen LogP contribution in [-0.2, 0) is 22.6 Å². The molecule has 2 amide bonds. The van der Waals surface area contributed by atoms with Crippen LogP contribution in [-0.4, -0.2) is 17.4 Å². The zero-order valence-corrected chi connectivity index (χ0v) is 16.7. The van der Waals surface area contributed by atoms with Crippen LogP contribution in [0, 0.1) is 6.92 Å². The molecule has 150 valence electrons. The molecule has 0 bridgehead atoms. The van der Waals surface area contributed by atoms with E-state index in [-0.39, 0.29) is 17.4 Å². The lowest BCUT2D eigenvalue weighted by Gasteiger charge is -2.29. The number of rotatable bonds is 7. The average Bonchev–Trinajstić information content (AvgIpc) is 3.30. The van der Waals surface area contributed by atoms with Gasteiger partial charge < -0.3 is 15.1 Å². The molecule has 1 aliphatic rings. The minimum Gasteiger partial charge on any atom is -0.465 e. The predicted octanol–water partition coefficient (Wildman–Crippen LogP) is 4.03. The number of fused-ring (bicyclic) bond motifs is 1. The van der Waals surface area contributed by atoms with Crippen molar-refractivity contribution < 1.29 is 14.0 Å². The smallest absolute Gasteiger partial charge is 0.220 e. The second-order valence-corrected chi connectivity index (χ2v) is 7.98. The largest absolute Gasteiger partial charge is 0.465 e. The molecule has 5 nitrogen and oxygen atoms in total. The minimum atomic E-state index is -0.363. The van der Waals surface area contributed by atoms with Crippen LogP contribution in [0.1, 0.15) is 42.8 Å². The van der Waals surface area contributed by atoms with Crippen LogP contribution in [0.3, 0.4) is 0 Å². The van der Waals surface area contributed by atoms with Crippen molar-refractivity contribution in [2.24, 2.45) is 0 Å². The van der Waals surface area contributed by atoms with E-state index in [1.165, 1.54) is 16.3 Å². The molecule has 0 spiro atoms. The van der Waals surface area contributed by atoms with Crippen LogP contribution in [0.5, 0.6) is 0 Å². The number of hydrogen-bond donors (Lipinski definition) is 2. The Morgan fingerprint density at radius 3 is 2.69 bits per heavy atom. The van der Waals surface area contributed by atoms with Crippen LogP contribution in [0.25, 0.3) is 10.8 Å². The average molecular weight is 390 g/mol. The number of amides is 2. The SMILES string of the molecule is Cc1ccc(CNC(=O)CC[C@@]2(Cc3ccc4ccccc4c3)CCC(=O)N2)o1. The summed E-state index contributed by atoms with van der Waals surface area (Å²) in [5, 5.41) is 8.46. The molecule has 0 unspecified atom stereocenters. The minimum absolute atomic E-state index is 0.0295. The molecule has 1 aliphatic heterocycles. The third-order valence-electron chi connectivity index (χ3n) is 5.68. The summed E-state index contributed by atoms with van der Waals surface area (Å²) in [5.41, 5.74) is 0.815. The summed E-state index contributed by atoms with van der Waals surface area (Å²) >= 11 is 0. The summed E-state index contributed by atoms with van der Waals surface area (Å²) < 4.78 is 5.49. The first-order valence-corrected chi connectivity index (χ1v) is 10.1. The van der Waals surface area contributed by atoms with Crippen LogP contribution in [0.4, 0.5) is 0 Å². The molecule has 1 aromatic heterocycles. The van der Waals surface area contributed by atoms with Crippen molar-refractivity contribution in [1.29, 1.82) is 0 Å². The molecule has 2 N–H and O–H groups in total. The monoisotopic (exact) mass is 390 g/mol. The Labute approximate surface area is 170 Å². The molecule has 29 heavy (non-hydrogen) atoms. The lowest BCUT2D eigenvalue weighted by molar-refractivity contribution is -0.123. The van der Waals surface area contributed by atoms with Gasteiger partial charge in [0.2, 0.25) is 11.8 Å². The molecule has 2 heterocycles. The molecule has 5 heteroatoms. The van der Waals surface area contributed by atoms with E-state index in [4.69, 9.17) is 4.42 Å². The van der Waals surface area contributed by atoms with Gasteiger partial charge >= 0.3 is 0 Å². The van der Waals surface area contributed by atoms with Crippen LogP contribution in [0.2, 0.25) is 0 Å². The number of furan rings is 1. The van der Waals surface area contributed by atoms with Gasteiger partial charge in [0.1, 0.15) is 11.5 Å². The van der Waals surface area contributed by atoms with E-state index in [9.17, 15) is 9.59 Å². The van der Waals surface area contributed by atoms with Gasteiger partial charge in [-0.2, -0.15) is 0 Å². The number of nitrogens with one attached hydrogen (secondary N) is 2. The van der Waals surface area contributed by atoms with Gasteiger partial charge in [0.25, 0.3) is 0 Å². The first-order valence-electron chi connectivity index (χ1n) is 10.1. The Bertz CT molecular complexity index is 1040. The number of carbonyl (C=O) groups is 2. The zero-order chi connectivity index (χ0) is 20.3. The molecular formula is C24H26N2O3. The van der Waals surface area contributed by atoms with Crippen molar-refractivity contribution in [3.05, 3.63) is 71.7 Å². The maximum atomic E-state index is 12.4. The van der Waals surface area contributed by atoms with Gasteiger partial charge in [0.05, 0.1) is 6.54 Å². The summed E-state index contributed by atoms with van der Waals surface area (Å²) in [6.45, 7) is 2.27. The van der Waals surface area contributed by atoms with E-state index in [0.29, 0.717) is 25.8 Å². The Hall–Kier alpha value is -3.08. The molecule has 0 saturated carbocycles. The highest BCUT2D eigenvalue weighted by atomic mass is 16.3. The quantitative estimate of drug-likeness (QED) is 0.640. The van der Waals surface area contributed by atoms with Gasteiger partial charge in [-0.05, 0) is 54.7 Å². The molecule has 1 fully saturated rings. The number of aryl methyl sites for hydroxylation is 1. The zero-order valence-electron chi connectivity index (χ0n) is 16.7. The van der Waals surface area contributed by atoms with Gasteiger partial charge in [0.15, 0.2) is 0 Å². The second-order valence-electron chi connectivity index (χ2n) is 7.98. The van der Waals surface area contributed by atoms with E-state index >= 15 is 0 Å². The summed E-state index contributed by atoms with van der Waals surface area (Å²) in [6.07, 6.45) is 2.99. The standard InChI is InChI=1S/C24H26N2O3/c1-17-6-9-21(29-17)16-25-22(27)10-12-24(13-11-23(28)26-24)15-18-7-8-19-4-2-3-5-20(19)14-18/h2-9,14H,10-13,15-16H2,1H3,(H,25,27)(H,26,28)/t24-/m0/s1. The predicted molar refractivity (Wildman–Crippen MR) is 112 cm³/mol. The third kappa shape index (κ3) is 4.67. The van der Waals surface area contributed by atoms with Gasteiger partial charge in [-0.15, -0.1) is 0 Å². The number of carbonyl (C=O) groups excluding carboxylic acids is 2. The van der Waals surface area contributed by atoms with Crippen LogP contribution in [0.15, 0.2) is 59.0 Å². The molecule has 0 aliphatic carbocycles. The number of benzene rings is 2. The van der Waals surface area contributed by atoms with Crippen LogP contribution >= 0.6 is 0 Å². The second kappa shape index (κ2) is 8.11. The van der Waals surface area contributed by atoms with Crippen molar-refractivity contribution in [2.75, 3.05) is 0 Å². The molecular weight excluding hydrogens is 364 g/mol. The van der Waals surface area contributed by atoms with E-state index in [0.717, 1.165) is 24.4 Å². The Morgan fingerprint density at radius 2 is 1.97 bits per heavy atom. The maximum absolute atomic E-state index is 12.4. The molecule has 1 atom stereocenters. The van der Waals surface area contributed by atoms with Gasteiger partial charge in [0, 0.05) is 18.4 Å². The normalized spacial score (nSPS) is 18.7. The highest BCUT2D eigenvalue weighted by molar-refractivity contribution is 5.83. The molecule has 1 saturated heterocycles. The highest BCUT2D eigenvalue weighted by Crippen LogP contribution is 2.30. The first-order chi connectivity index (χ1) is 14.0. The molecule has 4 rings (SSSR count).